The fourth-order valence-corrected chi connectivity index (χ4v) is 1.26. The summed E-state index contributed by atoms with van der Waals surface area (Å²) < 4.78 is 4.93. The van der Waals surface area contributed by atoms with Crippen LogP contribution in [0.1, 0.15) is 13.3 Å². The number of nitrogens with one attached hydrogen (secondary N) is 1. The molecule has 0 aromatic carbocycles. The van der Waals surface area contributed by atoms with Crippen molar-refractivity contribution in [3.8, 4) is 0 Å². The molecule has 0 bridgehead atoms. The van der Waals surface area contributed by atoms with Crippen LogP contribution in [-0.4, -0.2) is 29.7 Å². The van der Waals surface area contributed by atoms with Gasteiger partial charge in [-0.1, -0.05) is 0 Å². The number of nitro groups is 1. The molecule has 0 saturated carbocycles. The van der Waals surface area contributed by atoms with Gasteiger partial charge in [-0.2, -0.15) is 0 Å². The van der Waals surface area contributed by atoms with Crippen LogP contribution in [-0.2, 0) is 4.74 Å². The Labute approximate surface area is 93.8 Å². The minimum Gasteiger partial charge on any atom is -0.385 e. The summed E-state index contributed by atoms with van der Waals surface area (Å²) in [6, 6.07) is 3.05. The van der Waals surface area contributed by atoms with E-state index in [1.807, 2.05) is 6.92 Å². The van der Waals surface area contributed by atoms with Crippen molar-refractivity contribution in [2.45, 2.75) is 19.4 Å². The van der Waals surface area contributed by atoms with Crippen LogP contribution in [0.2, 0.25) is 0 Å². The van der Waals surface area contributed by atoms with Crippen molar-refractivity contribution in [1.82, 2.24) is 4.98 Å². The molecule has 6 nitrogen and oxygen atoms in total. The Morgan fingerprint density at radius 1 is 1.69 bits per heavy atom. The fourth-order valence-electron chi connectivity index (χ4n) is 1.26. The Hall–Kier alpha value is -1.69. The van der Waals surface area contributed by atoms with E-state index in [4.69, 9.17) is 4.74 Å². The Bertz CT molecular complexity index is 357. The molecule has 0 amide bonds. The largest absolute Gasteiger partial charge is 0.385 e. The monoisotopic (exact) mass is 225 g/mol. The van der Waals surface area contributed by atoms with Crippen LogP contribution in [0.3, 0.4) is 0 Å². The Balaban J connectivity index is 2.69. The molecule has 0 radical (unpaired) electrons. The lowest BCUT2D eigenvalue weighted by Gasteiger charge is -2.13. The quantitative estimate of drug-likeness (QED) is 0.590. The highest BCUT2D eigenvalue weighted by atomic mass is 16.6. The molecule has 0 spiro atoms. The molecule has 0 aliphatic rings. The van der Waals surface area contributed by atoms with Crippen molar-refractivity contribution in [2.75, 3.05) is 19.0 Å². The van der Waals surface area contributed by atoms with E-state index >= 15 is 0 Å². The summed E-state index contributed by atoms with van der Waals surface area (Å²) in [6.07, 6.45) is 2.29. The second-order valence-corrected chi connectivity index (χ2v) is 3.46. The number of nitrogens with zero attached hydrogens (tertiary/aromatic N) is 2. The predicted molar refractivity (Wildman–Crippen MR) is 60.5 cm³/mol. The molecule has 1 aromatic rings. The van der Waals surface area contributed by atoms with Gasteiger partial charge in [0.15, 0.2) is 0 Å². The van der Waals surface area contributed by atoms with Gasteiger partial charge < -0.3 is 10.1 Å². The maximum atomic E-state index is 10.7. The first-order valence-electron chi connectivity index (χ1n) is 5.00. The van der Waals surface area contributed by atoms with Gasteiger partial charge in [-0.25, -0.2) is 4.98 Å². The topological polar surface area (TPSA) is 77.3 Å². The van der Waals surface area contributed by atoms with Crippen molar-refractivity contribution in [2.24, 2.45) is 0 Å². The summed E-state index contributed by atoms with van der Waals surface area (Å²) in [4.78, 5) is 14.2. The zero-order valence-electron chi connectivity index (χ0n) is 9.34. The molecule has 0 aliphatic carbocycles. The standard InChI is InChI=1S/C10H15N3O3/c1-8(5-7-16-2)12-10-9(13(14)15)4-3-6-11-10/h3-4,6,8H,5,7H2,1-2H3,(H,11,12). The van der Waals surface area contributed by atoms with Gasteiger partial charge >= 0.3 is 5.69 Å². The number of hydrogen-bond acceptors (Lipinski definition) is 5. The normalized spacial score (nSPS) is 12.1. The Kier molecular flexibility index (Phi) is 4.65. The third-order valence-corrected chi connectivity index (χ3v) is 2.12. The van der Waals surface area contributed by atoms with E-state index in [9.17, 15) is 10.1 Å². The highest BCUT2D eigenvalue weighted by Gasteiger charge is 2.15. The first-order valence-corrected chi connectivity index (χ1v) is 5.00. The van der Waals surface area contributed by atoms with Crippen LogP contribution in [0.25, 0.3) is 0 Å². The number of rotatable bonds is 6. The van der Waals surface area contributed by atoms with Crippen molar-refractivity contribution < 1.29 is 9.66 Å². The summed E-state index contributed by atoms with van der Waals surface area (Å²) in [6.45, 7) is 2.53. The molecule has 88 valence electrons. The second-order valence-electron chi connectivity index (χ2n) is 3.46. The molecule has 1 N–H and O–H groups in total. The van der Waals surface area contributed by atoms with Crippen LogP contribution in [0.5, 0.6) is 0 Å². The molecule has 0 fully saturated rings. The van der Waals surface area contributed by atoms with Gasteiger partial charge in [-0.3, -0.25) is 10.1 Å². The van der Waals surface area contributed by atoms with Gasteiger partial charge in [0, 0.05) is 32.0 Å². The molecule has 1 heterocycles. The third-order valence-electron chi connectivity index (χ3n) is 2.12. The lowest BCUT2D eigenvalue weighted by molar-refractivity contribution is -0.384. The van der Waals surface area contributed by atoms with Gasteiger partial charge in [0.05, 0.1) is 4.92 Å². The predicted octanol–water partition coefficient (Wildman–Crippen LogP) is 1.83. The maximum Gasteiger partial charge on any atom is 0.311 e. The average Bonchev–Trinajstić information content (AvgIpc) is 2.27. The summed E-state index contributed by atoms with van der Waals surface area (Å²) in [7, 11) is 1.62. The van der Waals surface area contributed by atoms with Crippen molar-refractivity contribution >= 4 is 11.5 Å². The summed E-state index contributed by atoms with van der Waals surface area (Å²) in [5, 5.41) is 13.7. The van der Waals surface area contributed by atoms with Crippen molar-refractivity contribution in [3.05, 3.63) is 28.4 Å². The zero-order valence-corrected chi connectivity index (χ0v) is 9.34. The van der Waals surface area contributed by atoms with E-state index in [0.717, 1.165) is 6.42 Å². The van der Waals surface area contributed by atoms with Crippen LogP contribution in [0.4, 0.5) is 11.5 Å². The highest BCUT2D eigenvalue weighted by Crippen LogP contribution is 2.21. The molecule has 16 heavy (non-hydrogen) atoms. The van der Waals surface area contributed by atoms with Crippen LogP contribution in [0.15, 0.2) is 18.3 Å². The minimum atomic E-state index is -0.446. The van der Waals surface area contributed by atoms with Crippen LogP contribution in [0, 0.1) is 10.1 Å². The molecule has 1 atom stereocenters. The second kappa shape index (κ2) is 6.02. The van der Waals surface area contributed by atoms with Gasteiger partial charge in [-0.15, -0.1) is 0 Å². The number of methoxy groups -OCH3 is 1. The zero-order chi connectivity index (χ0) is 12.0. The first kappa shape index (κ1) is 12.4. The van der Waals surface area contributed by atoms with E-state index < -0.39 is 4.92 Å². The fraction of sp³-hybridized carbons (Fsp3) is 0.500. The molecule has 1 rings (SSSR count). The number of aromatic nitrogens is 1. The number of pyridine rings is 1. The maximum absolute atomic E-state index is 10.7. The Morgan fingerprint density at radius 3 is 3.06 bits per heavy atom. The molecular formula is C10H15N3O3. The molecule has 1 unspecified atom stereocenters. The average molecular weight is 225 g/mol. The van der Waals surface area contributed by atoms with E-state index in [2.05, 4.69) is 10.3 Å². The van der Waals surface area contributed by atoms with E-state index in [-0.39, 0.29) is 11.7 Å². The summed E-state index contributed by atoms with van der Waals surface area (Å²) in [5.74, 6) is 0.302. The first-order chi connectivity index (χ1) is 7.65. The van der Waals surface area contributed by atoms with Gasteiger partial charge in [0.25, 0.3) is 0 Å². The Morgan fingerprint density at radius 2 is 2.44 bits per heavy atom. The number of anilines is 1. The van der Waals surface area contributed by atoms with Gasteiger partial charge in [0.1, 0.15) is 0 Å². The van der Waals surface area contributed by atoms with Crippen LogP contribution >= 0.6 is 0 Å². The van der Waals surface area contributed by atoms with E-state index in [0.29, 0.717) is 12.4 Å². The number of hydrogen-bond donors (Lipinski definition) is 1. The lowest BCUT2D eigenvalue weighted by atomic mass is 10.2. The van der Waals surface area contributed by atoms with Crippen molar-refractivity contribution in [3.63, 3.8) is 0 Å². The highest BCUT2D eigenvalue weighted by molar-refractivity contribution is 5.55. The summed E-state index contributed by atoms with van der Waals surface area (Å²) in [5.41, 5.74) is -0.00762. The SMILES string of the molecule is COCCC(C)Nc1ncccc1[N+](=O)[O-]. The third kappa shape index (κ3) is 3.47. The summed E-state index contributed by atoms with van der Waals surface area (Å²) >= 11 is 0. The minimum absolute atomic E-state index is 0.00762. The van der Waals surface area contributed by atoms with Crippen LogP contribution < -0.4 is 5.32 Å². The lowest BCUT2D eigenvalue weighted by Crippen LogP contribution is -2.18. The molecule has 0 saturated heterocycles. The van der Waals surface area contributed by atoms with E-state index in [1.165, 1.54) is 12.3 Å². The molecule has 6 heteroatoms. The van der Waals surface area contributed by atoms with Crippen molar-refractivity contribution in [1.29, 1.82) is 0 Å². The molecule has 1 aromatic heterocycles. The number of ether oxygens (including phenoxy) is 1. The molecule has 0 aliphatic heterocycles. The van der Waals surface area contributed by atoms with Gasteiger partial charge in [-0.05, 0) is 19.4 Å². The molecular weight excluding hydrogens is 210 g/mol. The van der Waals surface area contributed by atoms with E-state index in [1.54, 1.807) is 13.2 Å². The van der Waals surface area contributed by atoms with Gasteiger partial charge in [0.2, 0.25) is 5.82 Å². The smallest absolute Gasteiger partial charge is 0.311 e.